The predicted octanol–water partition coefficient (Wildman–Crippen LogP) is 0.854. The van der Waals surface area contributed by atoms with Gasteiger partial charge in [-0.25, -0.2) is 8.42 Å². The zero-order chi connectivity index (χ0) is 17.7. The Hall–Kier alpha value is -2.00. The molecule has 0 bridgehead atoms. The Morgan fingerprint density at radius 3 is 2.79 bits per heavy atom. The van der Waals surface area contributed by atoms with Crippen molar-refractivity contribution in [2.45, 2.75) is 18.9 Å². The zero-order valence-electron chi connectivity index (χ0n) is 14.2. The van der Waals surface area contributed by atoms with Gasteiger partial charge in [-0.2, -0.15) is 4.31 Å². The topological polar surface area (TPSA) is 106 Å². The van der Waals surface area contributed by atoms with Crippen LogP contribution in [0.15, 0.2) is 23.2 Å². The second kappa shape index (κ2) is 7.71. The lowest BCUT2D eigenvalue weighted by Crippen LogP contribution is -2.37. The summed E-state index contributed by atoms with van der Waals surface area (Å²) < 4.78 is 35.4. The van der Waals surface area contributed by atoms with Gasteiger partial charge >= 0.3 is 0 Å². The molecule has 0 aromatic heterocycles. The van der Waals surface area contributed by atoms with Crippen molar-refractivity contribution in [2.75, 3.05) is 38.9 Å². The van der Waals surface area contributed by atoms with E-state index in [4.69, 9.17) is 15.2 Å². The standard InChI is InChI=1S/C15H24N4O4S/c1-22-12-6-7-14(23-2)13(9-12)18-15(16)17-10-11-5-4-8-19(11)24(3,20)21/h6-7,9,11H,4-5,8,10H2,1-3H3,(H3,16,17,18)/t11-/m1/s1. The lowest BCUT2D eigenvalue weighted by molar-refractivity contribution is 0.397. The minimum Gasteiger partial charge on any atom is -0.497 e. The van der Waals surface area contributed by atoms with Gasteiger partial charge < -0.3 is 20.5 Å². The summed E-state index contributed by atoms with van der Waals surface area (Å²) in [6, 6.07) is 5.14. The number of nitrogens with two attached hydrogens (primary N) is 1. The van der Waals surface area contributed by atoms with Gasteiger partial charge in [-0.3, -0.25) is 4.99 Å². The van der Waals surface area contributed by atoms with Crippen molar-refractivity contribution in [1.29, 1.82) is 0 Å². The summed E-state index contributed by atoms with van der Waals surface area (Å²) >= 11 is 0. The number of anilines is 1. The van der Waals surface area contributed by atoms with Gasteiger partial charge in [0, 0.05) is 18.7 Å². The number of methoxy groups -OCH3 is 2. The summed E-state index contributed by atoms with van der Waals surface area (Å²) in [5.41, 5.74) is 6.56. The first kappa shape index (κ1) is 18.3. The van der Waals surface area contributed by atoms with Crippen LogP contribution >= 0.6 is 0 Å². The van der Waals surface area contributed by atoms with E-state index >= 15 is 0 Å². The van der Waals surface area contributed by atoms with Crippen LogP contribution in [0.1, 0.15) is 12.8 Å². The van der Waals surface area contributed by atoms with Gasteiger partial charge in [0.2, 0.25) is 10.0 Å². The quantitative estimate of drug-likeness (QED) is 0.578. The normalized spacial score (nSPS) is 19.3. The lowest BCUT2D eigenvalue weighted by Gasteiger charge is -2.20. The van der Waals surface area contributed by atoms with Gasteiger partial charge in [0.15, 0.2) is 5.96 Å². The van der Waals surface area contributed by atoms with Crippen molar-refractivity contribution in [3.8, 4) is 11.5 Å². The number of sulfonamides is 1. The number of aliphatic imine (C=N–C) groups is 1. The highest BCUT2D eigenvalue weighted by molar-refractivity contribution is 7.88. The third-order valence-electron chi connectivity index (χ3n) is 3.89. The molecule has 1 saturated heterocycles. The van der Waals surface area contributed by atoms with Crippen molar-refractivity contribution >= 4 is 21.7 Å². The van der Waals surface area contributed by atoms with Crippen LogP contribution in [0.25, 0.3) is 0 Å². The molecule has 0 radical (unpaired) electrons. The zero-order valence-corrected chi connectivity index (χ0v) is 15.0. The van der Waals surface area contributed by atoms with E-state index in [9.17, 15) is 8.42 Å². The fraction of sp³-hybridized carbons (Fsp3) is 0.533. The average molecular weight is 356 g/mol. The molecule has 1 aliphatic rings. The molecule has 1 aromatic rings. The van der Waals surface area contributed by atoms with E-state index in [0.717, 1.165) is 12.8 Å². The molecule has 134 valence electrons. The Balaban J connectivity index is 2.07. The molecule has 1 atom stereocenters. The number of guanidine groups is 1. The van der Waals surface area contributed by atoms with Crippen LogP contribution in [0.5, 0.6) is 11.5 Å². The molecule has 3 N–H and O–H groups in total. The van der Waals surface area contributed by atoms with E-state index in [-0.39, 0.29) is 12.0 Å². The average Bonchev–Trinajstić information content (AvgIpc) is 3.01. The minimum absolute atomic E-state index is 0.146. The summed E-state index contributed by atoms with van der Waals surface area (Å²) in [7, 11) is -0.0812. The number of hydrogen-bond acceptors (Lipinski definition) is 5. The van der Waals surface area contributed by atoms with Gasteiger partial charge in [0.05, 0.1) is 32.7 Å². The van der Waals surface area contributed by atoms with Crippen LogP contribution < -0.4 is 20.5 Å². The predicted molar refractivity (Wildman–Crippen MR) is 94.2 cm³/mol. The van der Waals surface area contributed by atoms with Crippen molar-refractivity contribution in [3.05, 3.63) is 18.2 Å². The van der Waals surface area contributed by atoms with Crippen LogP contribution in [0.3, 0.4) is 0 Å². The van der Waals surface area contributed by atoms with E-state index in [1.54, 1.807) is 32.4 Å². The number of ether oxygens (including phenoxy) is 2. The second-order valence-electron chi connectivity index (χ2n) is 5.59. The van der Waals surface area contributed by atoms with Crippen LogP contribution in [-0.2, 0) is 10.0 Å². The molecule has 1 heterocycles. The lowest BCUT2D eigenvalue weighted by atomic mass is 10.2. The molecule has 1 fully saturated rings. The Morgan fingerprint density at radius 2 is 2.17 bits per heavy atom. The molecule has 0 saturated carbocycles. The van der Waals surface area contributed by atoms with E-state index in [1.165, 1.54) is 10.6 Å². The van der Waals surface area contributed by atoms with Gasteiger partial charge in [-0.1, -0.05) is 0 Å². The van der Waals surface area contributed by atoms with Gasteiger partial charge in [-0.05, 0) is 25.0 Å². The first-order chi connectivity index (χ1) is 11.3. The first-order valence-electron chi connectivity index (χ1n) is 7.61. The van der Waals surface area contributed by atoms with Crippen molar-refractivity contribution in [2.24, 2.45) is 10.7 Å². The monoisotopic (exact) mass is 356 g/mol. The molecule has 0 aliphatic carbocycles. The molecule has 0 spiro atoms. The Labute approximate surface area is 142 Å². The molecule has 8 nitrogen and oxygen atoms in total. The molecule has 1 aromatic carbocycles. The largest absolute Gasteiger partial charge is 0.497 e. The number of rotatable bonds is 6. The number of nitrogens with one attached hydrogen (secondary N) is 1. The van der Waals surface area contributed by atoms with Crippen LogP contribution in [-0.4, -0.2) is 58.3 Å². The highest BCUT2D eigenvalue weighted by atomic mass is 32.2. The first-order valence-corrected chi connectivity index (χ1v) is 9.45. The number of nitrogens with zero attached hydrogens (tertiary/aromatic N) is 2. The van der Waals surface area contributed by atoms with Gasteiger partial charge in [-0.15, -0.1) is 0 Å². The highest BCUT2D eigenvalue weighted by Gasteiger charge is 2.31. The second-order valence-corrected chi connectivity index (χ2v) is 7.52. The maximum atomic E-state index is 11.7. The number of benzene rings is 1. The Kier molecular flexibility index (Phi) is 5.89. The molecule has 1 aliphatic heterocycles. The Bertz CT molecular complexity index is 705. The third kappa shape index (κ3) is 4.51. The summed E-state index contributed by atoms with van der Waals surface area (Å²) in [5, 5.41) is 2.97. The van der Waals surface area contributed by atoms with Crippen molar-refractivity contribution in [3.63, 3.8) is 0 Å². The van der Waals surface area contributed by atoms with Crippen LogP contribution in [0.2, 0.25) is 0 Å². The van der Waals surface area contributed by atoms with Crippen LogP contribution in [0.4, 0.5) is 5.69 Å². The SMILES string of the molecule is COc1ccc(OC)c(NC(N)=NC[C@H]2CCCN2S(C)(=O)=O)c1. The fourth-order valence-electron chi connectivity index (χ4n) is 2.72. The molecule has 0 amide bonds. The van der Waals surface area contributed by atoms with Crippen molar-refractivity contribution < 1.29 is 17.9 Å². The molecule has 0 unspecified atom stereocenters. The molecule has 2 rings (SSSR count). The maximum Gasteiger partial charge on any atom is 0.211 e. The van der Waals surface area contributed by atoms with E-state index in [0.29, 0.717) is 30.3 Å². The summed E-state index contributed by atoms with van der Waals surface area (Å²) in [5.74, 6) is 1.46. The van der Waals surface area contributed by atoms with E-state index in [2.05, 4.69) is 10.3 Å². The van der Waals surface area contributed by atoms with Crippen LogP contribution in [0, 0.1) is 0 Å². The fourth-order valence-corrected chi connectivity index (χ4v) is 3.90. The molecule has 24 heavy (non-hydrogen) atoms. The van der Waals surface area contributed by atoms with Gasteiger partial charge in [0.25, 0.3) is 0 Å². The minimum atomic E-state index is -3.21. The molecular formula is C15H24N4O4S. The van der Waals surface area contributed by atoms with Gasteiger partial charge in [0.1, 0.15) is 11.5 Å². The number of hydrogen-bond donors (Lipinski definition) is 2. The summed E-state index contributed by atoms with van der Waals surface area (Å²) in [6.07, 6.45) is 2.84. The van der Waals surface area contributed by atoms with Crippen molar-refractivity contribution in [1.82, 2.24) is 4.31 Å². The Morgan fingerprint density at radius 1 is 1.42 bits per heavy atom. The van der Waals surface area contributed by atoms with E-state index < -0.39 is 10.0 Å². The van der Waals surface area contributed by atoms with E-state index in [1.807, 2.05) is 0 Å². The molecular weight excluding hydrogens is 332 g/mol. The highest BCUT2D eigenvalue weighted by Crippen LogP contribution is 2.28. The third-order valence-corrected chi connectivity index (χ3v) is 5.22. The maximum absolute atomic E-state index is 11.7. The summed E-state index contributed by atoms with van der Waals surface area (Å²) in [6.45, 7) is 0.855. The summed E-state index contributed by atoms with van der Waals surface area (Å²) in [4.78, 5) is 4.28. The smallest absolute Gasteiger partial charge is 0.211 e. The molecule has 9 heteroatoms.